The Bertz CT molecular complexity index is 692. The number of carbonyl (C=O) groups is 1. The van der Waals surface area contributed by atoms with E-state index in [0.717, 1.165) is 24.5 Å². The first-order chi connectivity index (χ1) is 19.6. The SMILES string of the molecule is CCC(C)COCCOCCOCCOCCOCCOCCOCCOCCOc1ccc(NC(C)=O)cc1. The second-order valence-corrected chi connectivity index (χ2v) is 8.93. The zero-order chi connectivity index (χ0) is 28.9. The van der Waals surface area contributed by atoms with Gasteiger partial charge in [0.25, 0.3) is 0 Å². The van der Waals surface area contributed by atoms with Gasteiger partial charge in [-0.2, -0.15) is 0 Å². The zero-order valence-corrected chi connectivity index (χ0v) is 24.7. The first kappa shape index (κ1) is 36.2. The van der Waals surface area contributed by atoms with E-state index in [-0.39, 0.29) is 5.91 Å². The predicted molar refractivity (Wildman–Crippen MR) is 152 cm³/mol. The molecule has 1 aromatic carbocycles. The van der Waals surface area contributed by atoms with Crippen molar-refractivity contribution in [1.82, 2.24) is 0 Å². The van der Waals surface area contributed by atoms with Gasteiger partial charge in [0.05, 0.1) is 99.1 Å². The van der Waals surface area contributed by atoms with Crippen LogP contribution in [0.5, 0.6) is 5.75 Å². The molecule has 0 saturated heterocycles. The highest BCUT2D eigenvalue weighted by molar-refractivity contribution is 5.88. The number of carbonyl (C=O) groups excluding carboxylic acids is 1. The van der Waals surface area contributed by atoms with Gasteiger partial charge in [-0.3, -0.25) is 4.79 Å². The summed E-state index contributed by atoms with van der Waals surface area (Å²) in [5, 5.41) is 2.71. The normalized spacial score (nSPS) is 12.0. The Balaban J connectivity index is 1.70. The van der Waals surface area contributed by atoms with Crippen molar-refractivity contribution < 1.29 is 47.4 Å². The van der Waals surface area contributed by atoms with Crippen LogP contribution in [-0.4, -0.2) is 118 Å². The minimum absolute atomic E-state index is 0.104. The maximum atomic E-state index is 11.0. The fourth-order valence-corrected chi connectivity index (χ4v) is 3.00. The topological polar surface area (TPSA) is 112 Å². The quantitative estimate of drug-likeness (QED) is 0.143. The lowest BCUT2D eigenvalue weighted by Gasteiger charge is -2.10. The van der Waals surface area contributed by atoms with E-state index in [0.29, 0.717) is 112 Å². The molecule has 0 aliphatic rings. The highest BCUT2D eigenvalue weighted by Gasteiger charge is 1.99. The van der Waals surface area contributed by atoms with Crippen molar-refractivity contribution in [3.8, 4) is 5.75 Å². The van der Waals surface area contributed by atoms with Gasteiger partial charge in [-0.05, 0) is 30.2 Å². The fourth-order valence-electron chi connectivity index (χ4n) is 3.00. The molecule has 40 heavy (non-hydrogen) atoms. The van der Waals surface area contributed by atoms with Gasteiger partial charge in [-0.1, -0.05) is 20.3 Å². The average molecular weight is 574 g/mol. The third kappa shape index (κ3) is 24.0. The Morgan fingerprint density at radius 1 is 0.600 bits per heavy atom. The number of nitrogens with one attached hydrogen (secondary N) is 1. The summed E-state index contributed by atoms with van der Waals surface area (Å²) in [6, 6.07) is 7.19. The average Bonchev–Trinajstić information content (AvgIpc) is 2.95. The van der Waals surface area contributed by atoms with E-state index >= 15 is 0 Å². The van der Waals surface area contributed by atoms with E-state index in [9.17, 15) is 4.79 Å². The Hall–Kier alpha value is -1.83. The van der Waals surface area contributed by atoms with E-state index in [1.807, 2.05) is 0 Å². The molecule has 0 spiro atoms. The second-order valence-electron chi connectivity index (χ2n) is 8.93. The van der Waals surface area contributed by atoms with E-state index < -0.39 is 0 Å². The molecular weight excluding hydrogens is 522 g/mol. The number of amides is 1. The van der Waals surface area contributed by atoms with E-state index in [1.54, 1.807) is 24.3 Å². The minimum Gasteiger partial charge on any atom is -0.491 e. The molecule has 1 unspecified atom stereocenters. The van der Waals surface area contributed by atoms with Gasteiger partial charge in [-0.15, -0.1) is 0 Å². The number of benzene rings is 1. The number of anilines is 1. The molecule has 0 aliphatic heterocycles. The van der Waals surface area contributed by atoms with Gasteiger partial charge in [0.2, 0.25) is 5.91 Å². The highest BCUT2D eigenvalue weighted by atomic mass is 16.6. The third-order valence-corrected chi connectivity index (χ3v) is 5.37. The molecule has 232 valence electrons. The summed E-state index contributed by atoms with van der Waals surface area (Å²) in [6.45, 7) is 14.9. The summed E-state index contributed by atoms with van der Waals surface area (Å²) >= 11 is 0. The van der Waals surface area contributed by atoms with Gasteiger partial charge in [0.15, 0.2) is 0 Å². The number of hydrogen-bond acceptors (Lipinski definition) is 10. The molecule has 0 aromatic heterocycles. The lowest BCUT2D eigenvalue weighted by atomic mass is 10.1. The number of ether oxygens (including phenoxy) is 9. The van der Waals surface area contributed by atoms with Crippen molar-refractivity contribution in [3.05, 3.63) is 24.3 Å². The molecule has 1 rings (SSSR count). The van der Waals surface area contributed by atoms with Gasteiger partial charge < -0.3 is 47.9 Å². The third-order valence-electron chi connectivity index (χ3n) is 5.37. The monoisotopic (exact) mass is 573 g/mol. The van der Waals surface area contributed by atoms with Gasteiger partial charge in [0.1, 0.15) is 12.4 Å². The molecule has 11 heteroatoms. The largest absolute Gasteiger partial charge is 0.491 e. The second kappa shape index (κ2) is 27.3. The summed E-state index contributed by atoms with van der Waals surface area (Å²) in [7, 11) is 0. The lowest BCUT2D eigenvalue weighted by molar-refractivity contribution is -0.114. The number of rotatable bonds is 29. The molecule has 11 nitrogen and oxygen atoms in total. The number of hydrogen-bond donors (Lipinski definition) is 1. The molecule has 1 atom stereocenters. The molecule has 0 bridgehead atoms. The summed E-state index contributed by atoms with van der Waals surface area (Å²) < 4.78 is 49.4. The van der Waals surface area contributed by atoms with Crippen LogP contribution in [0.1, 0.15) is 27.2 Å². The summed E-state index contributed by atoms with van der Waals surface area (Å²) in [6.07, 6.45) is 1.13. The Labute approximate surface area is 240 Å². The summed E-state index contributed by atoms with van der Waals surface area (Å²) in [4.78, 5) is 11.0. The molecule has 1 N–H and O–H groups in total. The lowest BCUT2D eigenvalue weighted by Crippen LogP contribution is -2.15. The molecule has 0 heterocycles. The fraction of sp³-hybridized carbons (Fsp3) is 0.759. The van der Waals surface area contributed by atoms with Crippen LogP contribution >= 0.6 is 0 Å². The van der Waals surface area contributed by atoms with E-state index in [1.165, 1.54) is 6.92 Å². The van der Waals surface area contributed by atoms with Crippen LogP contribution < -0.4 is 10.1 Å². The minimum atomic E-state index is -0.104. The standard InChI is InChI=1S/C29H51NO10/c1-4-26(2)25-39-22-21-37-18-17-35-14-13-33-10-9-32-11-12-34-15-16-36-19-20-38-23-24-40-29-7-5-28(6-8-29)30-27(3)31/h5-8,26H,4,9-25H2,1-3H3,(H,30,31). The molecule has 0 saturated carbocycles. The van der Waals surface area contributed by atoms with Crippen molar-refractivity contribution in [2.24, 2.45) is 5.92 Å². The van der Waals surface area contributed by atoms with Crippen LogP contribution in [0.3, 0.4) is 0 Å². The molecule has 1 amide bonds. The van der Waals surface area contributed by atoms with Crippen LogP contribution in [0.25, 0.3) is 0 Å². The van der Waals surface area contributed by atoms with Crippen LogP contribution in [0, 0.1) is 5.92 Å². The van der Waals surface area contributed by atoms with Crippen LogP contribution in [0.15, 0.2) is 24.3 Å². The smallest absolute Gasteiger partial charge is 0.221 e. The van der Waals surface area contributed by atoms with Crippen LogP contribution in [0.4, 0.5) is 5.69 Å². The van der Waals surface area contributed by atoms with Crippen molar-refractivity contribution in [3.63, 3.8) is 0 Å². The van der Waals surface area contributed by atoms with Crippen LogP contribution in [0.2, 0.25) is 0 Å². The van der Waals surface area contributed by atoms with Crippen LogP contribution in [-0.2, 0) is 42.7 Å². The van der Waals surface area contributed by atoms with Crippen molar-refractivity contribution >= 4 is 11.6 Å². The summed E-state index contributed by atoms with van der Waals surface area (Å²) in [5.41, 5.74) is 0.736. The maximum absolute atomic E-state index is 11.0. The first-order valence-corrected chi connectivity index (χ1v) is 14.2. The Morgan fingerprint density at radius 3 is 1.30 bits per heavy atom. The molecule has 0 fully saturated rings. The van der Waals surface area contributed by atoms with Crippen molar-refractivity contribution in [2.45, 2.75) is 27.2 Å². The zero-order valence-electron chi connectivity index (χ0n) is 24.7. The molecule has 0 aliphatic carbocycles. The Morgan fingerprint density at radius 2 is 0.950 bits per heavy atom. The maximum Gasteiger partial charge on any atom is 0.221 e. The molecule has 0 radical (unpaired) electrons. The van der Waals surface area contributed by atoms with Gasteiger partial charge in [-0.25, -0.2) is 0 Å². The summed E-state index contributed by atoms with van der Waals surface area (Å²) in [5.74, 6) is 1.21. The van der Waals surface area contributed by atoms with Gasteiger partial charge in [0, 0.05) is 19.2 Å². The molecular formula is C29H51NO10. The van der Waals surface area contributed by atoms with E-state index in [2.05, 4.69) is 19.2 Å². The van der Waals surface area contributed by atoms with Gasteiger partial charge >= 0.3 is 0 Å². The first-order valence-electron chi connectivity index (χ1n) is 14.2. The Kier molecular flexibility index (Phi) is 24.7. The predicted octanol–water partition coefficient (Wildman–Crippen LogP) is 3.20. The van der Waals surface area contributed by atoms with E-state index in [4.69, 9.17) is 42.6 Å². The van der Waals surface area contributed by atoms with Crippen molar-refractivity contribution in [2.75, 3.05) is 118 Å². The molecule has 1 aromatic rings. The van der Waals surface area contributed by atoms with Crippen molar-refractivity contribution in [1.29, 1.82) is 0 Å². The highest BCUT2D eigenvalue weighted by Crippen LogP contribution is 2.15.